The number of thioether (sulfide) groups is 1. The average Bonchev–Trinajstić information content (AvgIpc) is 2.07. The number of hydrogen-bond acceptors (Lipinski definition) is 2. The maximum absolute atomic E-state index is 7.52. The lowest BCUT2D eigenvalue weighted by molar-refractivity contribution is 0.394. The zero-order chi connectivity index (χ0) is 10.6. The first-order valence-electron chi connectivity index (χ1n) is 4.92. The second-order valence-electron chi connectivity index (χ2n) is 3.84. The van der Waals surface area contributed by atoms with Gasteiger partial charge >= 0.3 is 0 Å². The Morgan fingerprint density at radius 3 is 2.36 bits per heavy atom. The molecular weight excluding hydrogens is 196 g/mol. The van der Waals surface area contributed by atoms with Crippen LogP contribution in [0.15, 0.2) is 4.99 Å². The van der Waals surface area contributed by atoms with Crippen molar-refractivity contribution < 1.29 is 0 Å². The Morgan fingerprint density at radius 1 is 1.29 bits per heavy atom. The second-order valence-corrected chi connectivity index (χ2v) is 5.13. The molecule has 0 aromatic heterocycles. The molecule has 0 radical (unpaired) electrons. The van der Waals surface area contributed by atoms with Gasteiger partial charge in [-0.2, -0.15) is 4.99 Å². The van der Waals surface area contributed by atoms with Crippen molar-refractivity contribution in [3.05, 3.63) is 0 Å². The molecular formula is C9H18N4S. The van der Waals surface area contributed by atoms with Crippen LogP contribution >= 0.6 is 11.8 Å². The van der Waals surface area contributed by atoms with E-state index in [9.17, 15) is 0 Å². The molecule has 0 spiro atoms. The van der Waals surface area contributed by atoms with Gasteiger partial charge < -0.3 is 11.5 Å². The Bertz CT molecular complexity index is 227. The Kier molecular flexibility index (Phi) is 4.25. The number of aliphatic imine (C=N–C) groups is 1. The van der Waals surface area contributed by atoms with Gasteiger partial charge in [0.05, 0.1) is 0 Å². The summed E-state index contributed by atoms with van der Waals surface area (Å²) in [5.74, 6) is 0.816. The van der Waals surface area contributed by atoms with Crippen molar-refractivity contribution in [1.82, 2.24) is 0 Å². The van der Waals surface area contributed by atoms with E-state index >= 15 is 0 Å². The SMILES string of the molecule is CC1CCC(SC(=N)N=C(N)N)CC1. The van der Waals surface area contributed by atoms with Gasteiger partial charge in [-0.25, -0.2) is 0 Å². The third-order valence-electron chi connectivity index (χ3n) is 2.47. The van der Waals surface area contributed by atoms with Gasteiger partial charge in [-0.1, -0.05) is 18.7 Å². The highest BCUT2D eigenvalue weighted by molar-refractivity contribution is 8.14. The van der Waals surface area contributed by atoms with E-state index in [1.807, 2.05) is 0 Å². The fourth-order valence-electron chi connectivity index (χ4n) is 1.65. The van der Waals surface area contributed by atoms with Crippen LogP contribution in [0.5, 0.6) is 0 Å². The molecule has 0 atom stereocenters. The van der Waals surface area contributed by atoms with Crippen molar-refractivity contribution in [2.75, 3.05) is 0 Å². The fraction of sp³-hybridized carbons (Fsp3) is 0.778. The van der Waals surface area contributed by atoms with Gasteiger partial charge in [0.15, 0.2) is 11.1 Å². The third-order valence-corrected chi connectivity index (χ3v) is 3.59. The lowest BCUT2D eigenvalue weighted by atomic mass is 9.91. The standard InChI is InChI=1S/C9H18N4S/c1-6-2-4-7(5-3-6)14-9(12)13-8(10)11/h6-7H,2-5H2,1H3,(H5,10,11,12,13). The summed E-state index contributed by atoms with van der Waals surface area (Å²) < 4.78 is 0. The third kappa shape index (κ3) is 4.00. The maximum Gasteiger partial charge on any atom is 0.193 e. The van der Waals surface area contributed by atoms with Crippen LogP contribution in [0, 0.1) is 11.3 Å². The number of hydrogen-bond donors (Lipinski definition) is 3. The van der Waals surface area contributed by atoms with Gasteiger partial charge in [-0.15, -0.1) is 0 Å². The van der Waals surface area contributed by atoms with Crippen LogP contribution in [0.2, 0.25) is 0 Å². The number of nitrogens with one attached hydrogen (secondary N) is 1. The van der Waals surface area contributed by atoms with E-state index in [-0.39, 0.29) is 11.1 Å². The minimum absolute atomic E-state index is 0.0216. The normalized spacial score (nSPS) is 26.9. The van der Waals surface area contributed by atoms with Crippen molar-refractivity contribution >= 4 is 22.9 Å². The van der Waals surface area contributed by atoms with Crippen LogP contribution in [-0.2, 0) is 0 Å². The maximum atomic E-state index is 7.52. The first-order valence-corrected chi connectivity index (χ1v) is 5.80. The van der Waals surface area contributed by atoms with Crippen LogP contribution < -0.4 is 11.5 Å². The molecule has 0 aromatic rings. The summed E-state index contributed by atoms with van der Waals surface area (Å²) in [4.78, 5) is 3.71. The molecule has 0 saturated heterocycles. The number of rotatable bonds is 1. The lowest BCUT2D eigenvalue weighted by Gasteiger charge is -2.24. The Morgan fingerprint density at radius 2 is 1.86 bits per heavy atom. The van der Waals surface area contributed by atoms with E-state index in [1.165, 1.54) is 37.4 Å². The van der Waals surface area contributed by atoms with Crippen molar-refractivity contribution in [1.29, 1.82) is 5.41 Å². The molecule has 1 aliphatic rings. The van der Waals surface area contributed by atoms with E-state index in [0.29, 0.717) is 5.25 Å². The van der Waals surface area contributed by atoms with Crippen LogP contribution in [0.1, 0.15) is 32.6 Å². The monoisotopic (exact) mass is 214 g/mol. The summed E-state index contributed by atoms with van der Waals surface area (Å²) in [6.45, 7) is 2.28. The smallest absolute Gasteiger partial charge is 0.193 e. The lowest BCUT2D eigenvalue weighted by Crippen LogP contribution is -2.24. The van der Waals surface area contributed by atoms with Crippen molar-refractivity contribution in [2.45, 2.75) is 37.9 Å². The Balaban J connectivity index is 2.31. The molecule has 14 heavy (non-hydrogen) atoms. The highest BCUT2D eigenvalue weighted by Crippen LogP contribution is 2.31. The number of nitrogens with zero attached hydrogens (tertiary/aromatic N) is 1. The molecule has 0 amide bonds. The van der Waals surface area contributed by atoms with Gasteiger partial charge in [0.2, 0.25) is 0 Å². The second kappa shape index (κ2) is 5.24. The molecule has 1 aliphatic carbocycles. The molecule has 5 N–H and O–H groups in total. The number of nitrogens with two attached hydrogens (primary N) is 2. The fourth-order valence-corrected chi connectivity index (χ4v) is 2.63. The van der Waals surface area contributed by atoms with Crippen LogP contribution in [0.4, 0.5) is 0 Å². The number of amidine groups is 1. The first-order chi connectivity index (χ1) is 6.58. The van der Waals surface area contributed by atoms with Crippen molar-refractivity contribution in [3.8, 4) is 0 Å². The largest absolute Gasteiger partial charge is 0.370 e. The van der Waals surface area contributed by atoms with Gasteiger partial charge in [0.1, 0.15) is 0 Å². The number of guanidine groups is 1. The topological polar surface area (TPSA) is 88.2 Å². The first kappa shape index (κ1) is 11.4. The van der Waals surface area contributed by atoms with Crippen LogP contribution in [0.25, 0.3) is 0 Å². The molecule has 0 bridgehead atoms. The Hall–Kier alpha value is -0.710. The van der Waals surface area contributed by atoms with Crippen LogP contribution in [0.3, 0.4) is 0 Å². The zero-order valence-corrected chi connectivity index (χ0v) is 9.31. The quantitative estimate of drug-likeness (QED) is 0.456. The summed E-state index contributed by atoms with van der Waals surface area (Å²) in [5.41, 5.74) is 10.4. The van der Waals surface area contributed by atoms with E-state index in [0.717, 1.165) is 5.92 Å². The van der Waals surface area contributed by atoms with Gasteiger partial charge in [-0.3, -0.25) is 5.41 Å². The summed E-state index contributed by atoms with van der Waals surface area (Å²) >= 11 is 1.49. The predicted octanol–water partition coefficient (Wildman–Crippen LogP) is 1.51. The molecule has 4 nitrogen and oxygen atoms in total. The highest BCUT2D eigenvalue weighted by atomic mass is 32.2. The van der Waals surface area contributed by atoms with E-state index in [1.54, 1.807) is 0 Å². The molecule has 1 rings (SSSR count). The van der Waals surface area contributed by atoms with Gasteiger partial charge in [-0.05, 0) is 31.6 Å². The predicted molar refractivity (Wildman–Crippen MR) is 62.5 cm³/mol. The summed E-state index contributed by atoms with van der Waals surface area (Å²) in [5, 5.41) is 8.29. The minimum atomic E-state index is -0.0216. The molecule has 0 unspecified atom stereocenters. The molecule has 0 aliphatic heterocycles. The Labute approximate surface area is 89.0 Å². The summed E-state index contributed by atoms with van der Waals surface area (Å²) in [7, 11) is 0. The highest BCUT2D eigenvalue weighted by Gasteiger charge is 2.19. The van der Waals surface area contributed by atoms with Gasteiger partial charge in [0, 0.05) is 5.25 Å². The van der Waals surface area contributed by atoms with E-state index in [4.69, 9.17) is 16.9 Å². The molecule has 0 heterocycles. The van der Waals surface area contributed by atoms with Crippen molar-refractivity contribution in [2.24, 2.45) is 22.4 Å². The molecule has 1 saturated carbocycles. The van der Waals surface area contributed by atoms with E-state index < -0.39 is 0 Å². The molecule has 80 valence electrons. The van der Waals surface area contributed by atoms with E-state index in [2.05, 4.69) is 11.9 Å². The van der Waals surface area contributed by atoms with Crippen molar-refractivity contribution in [3.63, 3.8) is 0 Å². The minimum Gasteiger partial charge on any atom is -0.370 e. The molecule has 1 fully saturated rings. The van der Waals surface area contributed by atoms with Crippen LogP contribution in [-0.4, -0.2) is 16.4 Å². The van der Waals surface area contributed by atoms with Gasteiger partial charge in [0.25, 0.3) is 0 Å². The zero-order valence-electron chi connectivity index (χ0n) is 8.49. The molecule has 5 heteroatoms. The summed E-state index contributed by atoms with van der Waals surface area (Å²) in [6.07, 6.45) is 4.86. The summed E-state index contributed by atoms with van der Waals surface area (Å²) in [6, 6.07) is 0. The average molecular weight is 214 g/mol. The molecule has 0 aromatic carbocycles.